The van der Waals surface area contributed by atoms with E-state index >= 15 is 0 Å². The average molecular weight is 275 g/mol. The minimum absolute atomic E-state index is 0.512. The third-order valence-electron chi connectivity index (χ3n) is 4.18. The van der Waals surface area contributed by atoms with Gasteiger partial charge in [0, 0.05) is 37.4 Å². The molecule has 0 bridgehead atoms. The van der Waals surface area contributed by atoms with Crippen molar-refractivity contribution in [2.75, 3.05) is 18.0 Å². The summed E-state index contributed by atoms with van der Waals surface area (Å²) in [5.41, 5.74) is 1.33. The summed E-state index contributed by atoms with van der Waals surface area (Å²) in [5, 5.41) is 3.50. The first-order valence-corrected chi connectivity index (χ1v) is 8.13. The van der Waals surface area contributed by atoms with Gasteiger partial charge in [0.25, 0.3) is 0 Å². The van der Waals surface area contributed by atoms with Gasteiger partial charge in [0.1, 0.15) is 5.82 Å². The Bertz CT molecular complexity index is 395. The molecule has 1 aliphatic heterocycles. The molecule has 0 amide bonds. The smallest absolute Gasteiger partial charge is 0.133 e. The summed E-state index contributed by atoms with van der Waals surface area (Å²) >= 11 is 0. The highest BCUT2D eigenvalue weighted by molar-refractivity contribution is 5.47. The molecule has 0 radical (unpaired) electrons. The van der Waals surface area contributed by atoms with Crippen molar-refractivity contribution in [1.82, 2.24) is 10.3 Å². The van der Waals surface area contributed by atoms with E-state index in [9.17, 15) is 0 Å². The molecule has 1 aliphatic rings. The molecule has 3 nitrogen and oxygen atoms in total. The second kappa shape index (κ2) is 7.63. The molecule has 20 heavy (non-hydrogen) atoms. The minimum Gasteiger partial charge on any atom is -0.356 e. The van der Waals surface area contributed by atoms with Gasteiger partial charge in [-0.2, -0.15) is 0 Å². The zero-order valence-electron chi connectivity index (χ0n) is 13.2. The van der Waals surface area contributed by atoms with E-state index in [4.69, 9.17) is 0 Å². The van der Waals surface area contributed by atoms with Gasteiger partial charge in [0.05, 0.1) is 0 Å². The zero-order valence-corrected chi connectivity index (χ0v) is 13.2. The van der Waals surface area contributed by atoms with Crippen LogP contribution in [0.25, 0.3) is 0 Å². The Balaban J connectivity index is 1.98. The van der Waals surface area contributed by atoms with Gasteiger partial charge < -0.3 is 10.2 Å². The molecule has 0 unspecified atom stereocenters. The lowest BCUT2D eigenvalue weighted by molar-refractivity contribution is 0.377. The minimum atomic E-state index is 0.512. The van der Waals surface area contributed by atoms with Gasteiger partial charge in [-0.05, 0) is 24.8 Å². The molecule has 1 aromatic heterocycles. The van der Waals surface area contributed by atoms with Crippen molar-refractivity contribution in [1.29, 1.82) is 0 Å². The van der Waals surface area contributed by atoms with Gasteiger partial charge in [-0.25, -0.2) is 4.98 Å². The normalized spacial score (nSPS) is 16.9. The van der Waals surface area contributed by atoms with Crippen LogP contribution in [-0.2, 0) is 6.54 Å². The van der Waals surface area contributed by atoms with Crippen molar-refractivity contribution in [3.63, 3.8) is 0 Å². The highest BCUT2D eigenvalue weighted by Gasteiger charge is 2.21. The molecule has 2 rings (SSSR count). The zero-order chi connectivity index (χ0) is 14.4. The first-order valence-electron chi connectivity index (χ1n) is 8.13. The molecule has 0 spiro atoms. The number of hydrogen-bond donors (Lipinski definition) is 1. The van der Waals surface area contributed by atoms with Crippen LogP contribution in [0, 0.1) is 5.92 Å². The quantitative estimate of drug-likeness (QED) is 0.860. The van der Waals surface area contributed by atoms with Gasteiger partial charge in [-0.1, -0.05) is 39.7 Å². The van der Waals surface area contributed by atoms with E-state index in [1.807, 2.05) is 12.3 Å². The molecular weight excluding hydrogens is 246 g/mol. The molecular formula is C17H29N3. The molecule has 1 N–H and O–H groups in total. The van der Waals surface area contributed by atoms with Crippen molar-refractivity contribution in [2.45, 2.75) is 59.0 Å². The van der Waals surface area contributed by atoms with Crippen molar-refractivity contribution < 1.29 is 0 Å². The predicted molar refractivity (Wildman–Crippen MR) is 86.1 cm³/mol. The van der Waals surface area contributed by atoms with Crippen LogP contribution in [0.1, 0.15) is 52.0 Å². The third-order valence-corrected chi connectivity index (χ3v) is 4.18. The SMILES string of the molecule is CCCC1CCN(c2ncccc2CNC(C)C)CC1. The van der Waals surface area contributed by atoms with Gasteiger partial charge in [0.2, 0.25) is 0 Å². The second-order valence-corrected chi connectivity index (χ2v) is 6.24. The van der Waals surface area contributed by atoms with Crippen molar-refractivity contribution in [3.8, 4) is 0 Å². The Labute approximate surface area is 123 Å². The number of nitrogens with one attached hydrogen (secondary N) is 1. The third kappa shape index (κ3) is 4.20. The lowest BCUT2D eigenvalue weighted by Gasteiger charge is -2.34. The standard InChI is InChI=1S/C17H29N3/c1-4-6-15-8-11-20(12-9-15)17-16(7-5-10-18-17)13-19-14(2)3/h5,7,10,14-15,19H,4,6,8-9,11-13H2,1-3H3. The van der Waals surface area contributed by atoms with Crippen LogP contribution >= 0.6 is 0 Å². The van der Waals surface area contributed by atoms with E-state index in [1.165, 1.54) is 37.1 Å². The fourth-order valence-electron chi connectivity index (χ4n) is 3.01. The van der Waals surface area contributed by atoms with E-state index in [-0.39, 0.29) is 0 Å². The van der Waals surface area contributed by atoms with Crippen LogP contribution < -0.4 is 10.2 Å². The number of nitrogens with zero attached hydrogens (tertiary/aromatic N) is 2. The van der Waals surface area contributed by atoms with E-state index in [0.29, 0.717) is 6.04 Å². The van der Waals surface area contributed by atoms with Crippen LogP contribution in [-0.4, -0.2) is 24.1 Å². The van der Waals surface area contributed by atoms with E-state index < -0.39 is 0 Å². The van der Waals surface area contributed by atoms with Crippen LogP contribution in [0.2, 0.25) is 0 Å². The number of rotatable bonds is 6. The molecule has 1 saturated heterocycles. The lowest BCUT2D eigenvalue weighted by atomic mass is 9.92. The van der Waals surface area contributed by atoms with Gasteiger partial charge in [-0.3, -0.25) is 0 Å². The highest BCUT2D eigenvalue weighted by Crippen LogP contribution is 2.26. The van der Waals surface area contributed by atoms with Gasteiger partial charge in [0.15, 0.2) is 0 Å². The first kappa shape index (κ1) is 15.3. The van der Waals surface area contributed by atoms with Crippen molar-refractivity contribution in [3.05, 3.63) is 23.9 Å². The Morgan fingerprint density at radius 2 is 2.10 bits per heavy atom. The Morgan fingerprint density at radius 1 is 1.35 bits per heavy atom. The first-order chi connectivity index (χ1) is 9.70. The number of anilines is 1. The van der Waals surface area contributed by atoms with Crippen LogP contribution in [0.5, 0.6) is 0 Å². The average Bonchev–Trinajstić information content (AvgIpc) is 2.47. The topological polar surface area (TPSA) is 28.2 Å². The Morgan fingerprint density at radius 3 is 2.75 bits per heavy atom. The fourth-order valence-corrected chi connectivity index (χ4v) is 3.01. The maximum atomic E-state index is 4.64. The molecule has 0 saturated carbocycles. The van der Waals surface area contributed by atoms with Crippen molar-refractivity contribution in [2.24, 2.45) is 5.92 Å². The van der Waals surface area contributed by atoms with Crippen LogP contribution in [0.3, 0.4) is 0 Å². The van der Waals surface area contributed by atoms with Crippen molar-refractivity contribution >= 4 is 5.82 Å². The Kier molecular flexibility index (Phi) is 5.84. The number of pyridine rings is 1. The maximum absolute atomic E-state index is 4.64. The largest absolute Gasteiger partial charge is 0.356 e. The summed E-state index contributed by atoms with van der Waals surface area (Å²) in [5.74, 6) is 2.12. The van der Waals surface area contributed by atoms with Crippen LogP contribution in [0.15, 0.2) is 18.3 Å². The summed E-state index contributed by atoms with van der Waals surface area (Å²) < 4.78 is 0. The van der Waals surface area contributed by atoms with Gasteiger partial charge in [-0.15, -0.1) is 0 Å². The van der Waals surface area contributed by atoms with Crippen LogP contribution in [0.4, 0.5) is 5.82 Å². The molecule has 2 heterocycles. The van der Waals surface area contributed by atoms with E-state index in [1.54, 1.807) is 0 Å². The summed E-state index contributed by atoms with van der Waals surface area (Å²) in [6.45, 7) is 9.90. The second-order valence-electron chi connectivity index (χ2n) is 6.24. The summed E-state index contributed by atoms with van der Waals surface area (Å²) in [7, 11) is 0. The monoisotopic (exact) mass is 275 g/mol. The Hall–Kier alpha value is -1.09. The molecule has 1 aromatic rings. The number of aromatic nitrogens is 1. The lowest BCUT2D eigenvalue weighted by Crippen LogP contribution is -2.35. The summed E-state index contributed by atoms with van der Waals surface area (Å²) in [6.07, 6.45) is 7.27. The summed E-state index contributed by atoms with van der Waals surface area (Å²) in [4.78, 5) is 7.11. The molecule has 112 valence electrons. The fraction of sp³-hybridized carbons (Fsp3) is 0.706. The maximum Gasteiger partial charge on any atom is 0.133 e. The number of piperidine rings is 1. The highest BCUT2D eigenvalue weighted by atomic mass is 15.2. The molecule has 3 heteroatoms. The molecule has 0 atom stereocenters. The predicted octanol–water partition coefficient (Wildman–Crippen LogP) is 3.60. The van der Waals surface area contributed by atoms with E-state index in [0.717, 1.165) is 25.6 Å². The molecule has 0 aromatic carbocycles. The molecule has 1 fully saturated rings. The molecule has 0 aliphatic carbocycles. The van der Waals surface area contributed by atoms with E-state index in [2.05, 4.69) is 42.0 Å². The number of hydrogen-bond acceptors (Lipinski definition) is 3. The summed E-state index contributed by atoms with van der Waals surface area (Å²) in [6, 6.07) is 4.76. The van der Waals surface area contributed by atoms with Gasteiger partial charge >= 0.3 is 0 Å².